The first kappa shape index (κ1) is 19.0. The molecule has 0 aliphatic rings. The highest BCUT2D eigenvalue weighted by Crippen LogP contribution is 2.12. The van der Waals surface area contributed by atoms with Gasteiger partial charge in [0.15, 0.2) is 5.96 Å². The number of methoxy groups -OCH3 is 1. The molecule has 0 spiro atoms. The van der Waals surface area contributed by atoms with Gasteiger partial charge in [-0.1, -0.05) is 29.8 Å². The molecule has 6 heteroatoms. The van der Waals surface area contributed by atoms with Crippen LogP contribution in [0.15, 0.2) is 29.3 Å². The van der Waals surface area contributed by atoms with Crippen molar-refractivity contribution in [3.63, 3.8) is 0 Å². The molecule has 1 aromatic heterocycles. The highest BCUT2D eigenvalue weighted by Gasteiger charge is 2.11. The molecular formula is C19H29N5O. The van der Waals surface area contributed by atoms with Gasteiger partial charge in [-0.15, -0.1) is 0 Å². The van der Waals surface area contributed by atoms with Gasteiger partial charge in [0.25, 0.3) is 0 Å². The van der Waals surface area contributed by atoms with Gasteiger partial charge in [0, 0.05) is 38.5 Å². The van der Waals surface area contributed by atoms with E-state index >= 15 is 0 Å². The Hall–Kier alpha value is -2.34. The molecular weight excluding hydrogens is 314 g/mol. The summed E-state index contributed by atoms with van der Waals surface area (Å²) < 4.78 is 7.14. The second-order valence-corrected chi connectivity index (χ2v) is 6.13. The average Bonchev–Trinajstić information content (AvgIpc) is 2.88. The summed E-state index contributed by atoms with van der Waals surface area (Å²) in [5.74, 6) is 0.781. The van der Waals surface area contributed by atoms with Crippen molar-refractivity contribution in [2.45, 2.75) is 40.4 Å². The second kappa shape index (κ2) is 9.22. The van der Waals surface area contributed by atoms with Gasteiger partial charge in [0.05, 0.1) is 18.8 Å². The highest BCUT2D eigenvalue weighted by atomic mass is 16.5. The summed E-state index contributed by atoms with van der Waals surface area (Å²) >= 11 is 0. The maximum Gasteiger partial charge on any atom is 0.191 e. The first-order chi connectivity index (χ1) is 12.0. The monoisotopic (exact) mass is 343 g/mol. The van der Waals surface area contributed by atoms with E-state index in [1.165, 1.54) is 16.7 Å². The summed E-state index contributed by atoms with van der Waals surface area (Å²) in [6, 6.07) is 8.50. The zero-order valence-electron chi connectivity index (χ0n) is 15.9. The summed E-state index contributed by atoms with van der Waals surface area (Å²) in [4.78, 5) is 4.30. The summed E-state index contributed by atoms with van der Waals surface area (Å²) in [6.07, 6.45) is 0. The molecule has 0 unspecified atom stereocenters. The predicted octanol–water partition coefficient (Wildman–Crippen LogP) is 2.32. The standard InChI is InChI=1S/C19H29N5O/c1-14-6-8-17(9-7-14)12-21-19(20-4)22-13-18-15(2)23-24(16(18)3)10-11-25-5/h6-9H,10-13H2,1-5H3,(H2,20,21,22). The lowest BCUT2D eigenvalue weighted by Crippen LogP contribution is -2.36. The minimum Gasteiger partial charge on any atom is -0.383 e. The van der Waals surface area contributed by atoms with Crippen LogP contribution in [0.2, 0.25) is 0 Å². The van der Waals surface area contributed by atoms with E-state index in [4.69, 9.17) is 4.74 Å². The molecule has 0 saturated heterocycles. The number of rotatable bonds is 7. The van der Waals surface area contributed by atoms with Crippen LogP contribution in [-0.2, 0) is 24.4 Å². The van der Waals surface area contributed by atoms with Gasteiger partial charge in [-0.05, 0) is 26.3 Å². The second-order valence-electron chi connectivity index (χ2n) is 6.13. The molecule has 2 rings (SSSR count). The molecule has 0 aliphatic carbocycles. The molecule has 0 fully saturated rings. The fourth-order valence-electron chi connectivity index (χ4n) is 2.67. The van der Waals surface area contributed by atoms with Crippen LogP contribution in [0.4, 0.5) is 0 Å². The molecule has 2 aromatic rings. The van der Waals surface area contributed by atoms with E-state index in [2.05, 4.69) is 58.8 Å². The Morgan fingerprint density at radius 3 is 2.44 bits per heavy atom. The van der Waals surface area contributed by atoms with Crippen molar-refractivity contribution < 1.29 is 4.74 Å². The van der Waals surface area contributed by atoms with Crippen LogP contribution in [-0.4, -0.2) is 36.5 Å². The molecule has 0 amide bonds. The van der Waals surface area contributed by atoms with Crippen molar-refractivity contribution in [1.82, 2.24) is 20.4 Å². The number of hydrogen-bond donors (Lipinski definition) is 2. The predicted molar refractivity (Wildman–Crippen MR) is 102 cm³/mol. The van der Waals surface area contributed by atoms with Crippen LogP contribution >= 0.6 is 0 Å². The third-order valence-electron chi connectivity index (χ3n) is 4.28. The molecule has 0 atom stereocenters. The fraction of sp³-hybridized carbons (Fsp3) is 0.474. The number of ether oxygens (including phenoxy) is 1. The number of benzene rings is 1. The van der Waals surface area contributed by atoms with Crippen molar-refractivity contribution in [3.8, 4) is 0 Å². The molecule has 0 radical (unpaired) electrons. The number of nitrogens with zero attached hydrogens (tertiary/aromatic N) is 3. The molecule has 25 heavy (non-hydrogen) atoms. The van der Waals surface area contributed by atoms with Crippen LogP contribution < -0.4 is 10.6 Å². The van der Waals surface area contributed by atoms with Crippen LogP contribution in [0.5, 0.6) is 0 Å². The van der Waals surface area contributed by atoms with Crippen molar-refractivity contribution in [2.24, 2.45) is 4.99 Å². The molecule has 136 valence electrons. The number of nitrogens with one attached hydrogen (secondary N) is 2. The number of aromatic nitrogens is 2. The summed E-state index contributed by atoms with van der Waals surface area (Å²) in [5, 5.41) is 11.3. The molecule has 1 heterocycles. The van der Waals surface area contributed by atoms with Gasteiger partial charge < -0.3 is 15.4 Å². The van der Waals surface area contributed by atoms with Crippen molar-refractivity contribution in [1.29, 1.82) is 0 Å². The van der Waals surface area contributed by atoms with Gasteiger partial charge >= 0.3 is 0 Å². The Kier molecular flexibility index (Phi) is 7.01. The van der Waals surface area contributed by atoms with E-state index in [0.717, 1.165) is 30.4 Å². The van der Waals surface area contributed by atoms with Crippen LogP contribution in [0.1, 0.15) is 28.1 Å². The molecule has 0 saturated carbocycles. The van der Waals surface area contributed by atoms with Gasteiger partial charge in [-0.25, -0.2) is 0 Å². The molecule has 1 aromatic carbocycles. The average molecular weight is 343 g/mol. The van der Waals surface area contributed by atoms with E-state index in [-0.39, 0.29) is 0 Å². The Bertz CT molecular complexity index is 703. The topological polar surface area (TPSA) is 63.5 Å². The van der Waals surface area contributed by atoms with Gasteiger partial charge in [0.1, 0.15) is 0 Å². The van der Waals surface area contributed by atoms with Crippen LogP contribution in [0.25, 0.3) is 0 Å². The van der Waals surface area contributed by atoms with E-state index in [9.17, 15) is 0 Å². The number of aryl methyl sites for hydroxylation is 2. The third-order valence-corrected chi connectivity index (χ3v) is 4.28. The normalized spacial score (nSPS) is 11.6. The summed E-state index contributed by atoms with van der Waals surface area (Å²) in [6.45, 7) is 9.08. The maximum absolute atomic E-state index is 5.14. The Morgan fingerprint density at radius 1 is 1.12 bits per heavy atom. The minimum atomic E-state index is 0.661. The van der Waals surface area contributed by atoms with E-state index in [0.29, 0.717) is 13.2 Å². The lowest BCUT2D eigenvalue weighted by atomic mass is 10.1. The summed E-state index contributed by atoms with van der Waals surface area (Å²) in [5.41, 5.74) is 5.90. The Balaban J connectivity index is 1.92. The summed E-state index contributed by atoms with van der Waals surface area (Å²) in [7, 11) is 3.49. The van der Waals surface area contributed by atoms with Crippen molar-refractivity contribution in [3.05, 3.63) is 52.3 Å². The number of guanidine groups is 1. The lowest BCUT2D eigenvalue weighted by Gasteiger charge is -2.12. The van der Waals surface area contributed by atoms with Crippen LogP contribution in [0.3, 0.4) is 0 Å². The third kappa shape index (κ3) is 5.32. The van der Waals surface area contributed by atoms with Gasteiger partial charge in [-0.2, -0.15) is 5.10 Å². The number of aliphatic imine (C=N–C) groups is 1. The van der Waals surface area contributed by atoms with Crippen molar-refractivity contribution >= 4 is 5.96 Å². The molecule has 0 bridgehead atoms. The quantitative estimate of drug-likeness (QED) is 0.598. The molecule has 6 nitrogen and oxygen atoms in total. The SMILES string of the molecule is CN=C(NCc1ccc(C)cc1)NCc1c(C)nn(CCOC)c1C. The van der Waals surface area contributed by atoms with Gasteiger partial charge in [0.2, 0.25) is 0 Å². The van der Waals surface area contributed by atoms with E-state index in [1.807, 2.05) is 11.6 Å². The lowest BCUT2D eigenvalue weighted by molar-refractivity contribution is 0.182. The first-order valence-corrected chi connectivity index (χ1v) is 8.57. The van der Waals surface area contributed by atoms with Gasteiger partial charge in [-0.3, -0.25) is 9.67 Å². The fourth-order valence-corrected chi connectivity index (χ4v) is 2.67. The van der Waals surface area contributed by atoms with E-state index in [1.54, 1.807) is 14.2 Å². The largest absolute Gasteiger partial charge is 0.383 e. The Labute approximate surface area is 150 Å². The number of hydrogen-bond acceptors (Lipinski definition) is 3. The molecule has 0 aliphatic heterocycles. The minimum absolute atomic E-state index is 0.661. The zero-order chi connectivity index (χ0) is 18.2. The molecule has 2 N–H and O–H groups in total. The smallest absolute Gasteiger partial charge is 0.191 e. The maximum atomic E-state index is 5.14. The van der Waals surface area contributed by atoms with Crippen LogP contribution in [0, 0.1) is 20.8 Å². The first-order valence-electron chi connectivity index (χ1n) is 8.57. The highest BCUT2D eigenvalue weighted by molar-refractivity contribution is 5.79. The zero-order valence-corrected chi connectivity index (χ0v) is 15.9. The van der Waals surface area contributed by atoms with Crippen molar-refractivity contribution in [2.75, 3.05) is 20.8 Å². The van der Waals surface area contributed by atoms with E-state index < -0.39 is 0 Å². The Morgan fingerprint density at radius 2 is 1.80 bits per heavy atom.